The molecule has 0 amide bonds. The summed E-state index contributed by atoms with van der Waals surface area (Å²) in [7, 11) is 1.60. The number of hydrogen-bond donors (Lipinski definition) is 2. The largest absolute Gasteiger partial charge is 0.495 e. The molecule has 2 N–H and O–H groups in total. The van der Waals surface area contributed by atoms with Crippen molar-refractivity contribution in [2.75, 3.05) is 24.3 Å². The van der Waals surface area contributed by atoms with E-state index in [9.17, 15) is 0 Å². The number of aromatic nitrogens is 2. The summed E-state index contributed by atoms with van der Waals surface area (Å²) < 4.78 is 5.26. The van der Waals surface area contributed by atoms with Crippen molar-refractivity contribution in [3.8, 4) is 16.9 Å². The number of fused-ring (bicyclic) bond motifs is 1. The Bertz CT molecular complexity index is 912. The van der Waals surface area contributed by atoms with Gasteiger partial charge in [-0.3, -0.25) is 0 Å². The predicted octanol–water partition coefficient (Wildman–Crippen LogP) is 4.52. The zero-order chi connectivity index (χ0) is 17.2. The van der Waals surface area contributed by atoms with Gasteiger partial charge in [-0.2, -0.15) is 0 Å². The molecule has 0 bridgehead atoms. The predicted molar refractivity (Wildman–Crippen MR) is 101 cm³/mol. The van der Waals surface area contributed by atoms with Gasteiger partial charge in [-0.25, -0.2) is 9.97 Å². The SMILES string of the molecule is COc1cc(-c2cnc(Nc3ccc4c(c3)NCC4)nc2)ccc1Cl. The molecule has 2 aromatic carbocycles. The van der Waals surface area contributed by atoms with Gasteiger partial charge in [0.05, 0.1) is 12.1 Å². The number of nitrogens with zero attached hydrogens (tertiary/aromatic N) is 2. The van der Waals surface area contributed by atoms with Crippen LogP contribution in [0.2, 0.25) is 5.02 Å². The summed E-state index contributed by atoms with van der Waals surface area (Å²) in [5.41, 5.74) is 5.34. The molecule has 0 fully saturated rings. The van der Waals surface area contributed by atoms with Crippen molar-refractivity contribution < 1.29 is 4.74 Å². The molecule has 126 valence electrons. The molecule has 25 heavy (non-hydrogen) atoms. The Kier molecular flexibility index (Phi) is 4.15. The summed E-state index contributed by atoms with van der Waals surface area (Å²) in [6.07, 6.45) is 4.64. The first-order valence-electron chi connectivity index (χ1n) is 8.03. The van der Waals surface area contributed by atoms with Crippen molar-refractivity contribution in [1.82, 2.24) is 9.97 Å². The lowest BCUT2D eigenvalue weighted by molar-refractivity contribution is 0.415. The van der Waals surface area contributed by atoms with Crippen molar-refractivity contribution in [2.24, 2.45) is 0 Å². The van der Waals surface area contributed by atoms with E-state index >= 15 is 0 Å². The maximum absolute atomic E-state index is 6.07. The normalized spacial score (nSPS) is 12.4. The molecular formula is C19H17ClN4O. The average Bonchev–Trinajstić information content (AvgIpc) is 3.11. The summed E-state index contributed by atoms with van der Waals surface area (Å²) in [6.45, 7) is 0.995. The molecule has 1 aliphatic heterocycles. The summed E-state index contributed by atoms with van der Waals surface area (Å²) >= 11 is 6.07. The number of rotatable bonds is 4. The van der Waals surface area contributed by atoms with Crippen LogP contribution in [0.3, 0.4) is 0 Å². The van der Waals surface area contributed by atoms with E-state index in [4.69, 9.17) is 16.3 Å². The average molecular weight is 353 g/mol. The highest BCUT2D eigenvalue weighted by Crippen LogP contribution is 2.30. The molecule has 0 spiro atoms. The van der Waals surface area contributed by atoms with Crippen LogP contribution < -0.4 is 15.4 Å². The van der Waals surface area contributed by atoms with Crippen molar-refractivity contribution >= 4 is 28.9 Å². The van der Waals surface area contributed by atoms with Crippen molar-refractivity contribution in [3.05, 3.63) is 59.4 Å². The Morgan fingerprint density at radius 1 is 1.08 bits per heavy atom. The van der Waals surface area contributed by atoms with Crippen LogP contribution in [0.25, 0.3) is 11.1 Å². The van der Waals surface area contributed by atoms with E-state index in [1.165, 1.54) is 11.3 Å². The van der Waals surface area contributed by atoms with Crippen LogP contribution >= 0.6 is 11.6 Å². The topological polar surface area (TPSA) is 59.1 Å². The number of ether oxygens (including phenoxy) is 1. The van der Waals surface area contributed by atoms with E-state index < -0.39 is 0 Å². The van der Waals surface area contributed by atoms with E-state index in [1.54, 1.807) is 25.6 Å². The van der Waals surface area contributed by atoms with Gasteiger partial charge in [0.1, 0.15) is 5.75 Å². The number of halogens is 1. The third-order valence-electron chi connectivity index (χ3n) is 4.21. The van der Waals surface area contributed by atoms with Gasteiger partial charge in [-0.05, 0) is 41.8 Å². The Labute approximate surface area is 151 Å². The summed E-state index contributed by atoms with van der Waals surface area (Å²) in [4.78, 5) is 8.81. The molecule has 1 aromatic heterocycles. The molecule has 0 saturated heterocycles. The smallest absolute Gasteiger partial charge is 0.227 e. The van der Waals surface area contributed by atoms with Crippen LogP contribution in [0, 0.1) is 0 Å². The minimum Gasteiger partial charge on any atom is -0.495 e. The van der Waals surface area contributed by atoms with Crippen LogP contribution in [0.5, 0.6) is 5.75 Å². The van der Waals surface area contributed by atoms with Crippen molar-refractivity contribution in [3.63, 3.8) is 0 Å². The second-order valence-electron chi connectivity index (χ2n) is 5.82. The van der Waals surface area contributed by atoms with Crippen molar-refractivity contribution in [2.45, 2.75) is 6.42 Å². The Morgan fingerprint density at radius 2 is 1.92 bits per heavy atom. The van der Waals surface area contributed by atoms with Gasteiger partial charge in [0.25, 0.3) is 0 Å². The third-order valence-corrected chi connectivity index (χ3v) is 4.52. The molecule has 4 rings (SSSR count). The van der Waals surface area contributed by atoms with E-state index in [0.717, 1.165) is 29.8 Å². The summed E-state index contributed by atoms with van der Waals surface area (Å²) in [5, 5.41) is 7.18. The number of benzene rings is 2. The molecule has 3 aromatic rings. The van der Waals surface area contributed by atoms with Crippen molar-refractivity contribution in [1.29, 1.82) is 0 Å². The van der Waals surface area contributed by atoms with Crippen LogP contribution in [-0.2, 0) is 6.42 Å². The van der Waals surface area contributed by atoms with Gasteiger partial charge in [-0.15, -0.1) is 0 Å². The van der Waals surface area contributed by atoms with E-state index in [1.807, 2.05) is 18.2 Å². The van der Waals surface area contributed by atoms with E-state index in [0.29, 0.717) is 16.7 Å². The lowest BCUT2D eigenvalue weighted by atomic mass is 10.1. The molecule has 1 aliphatic rings. The molecular weight excluding hydrogens is 336 g/mol. The van der Waals surface area contributed by atoms with Crippen LogP contribution in [0.4, 0.5) is 17.3 Å². The standard InChI is InChI=1S/C19H17ClN4O/c1-25-18-8-13(3-5-16(18)20)14-10-22-19(23-11-14)24-15-4-2-12-6-7-21-17(12)9-15/h2-5,8-11,21H,6-7H2,1H3,(H,22,23,24). The molecule has 6 heteroatoms. The van der Waals surface area contributed by atoms with Gasteiger partial charge in [-0.1, -0.05) is 23.7 Å². The highest BCUT2D eigenvalue weighted by atomic mass is 35.5. The Balaban J connectivity index is 1.54. The first-order chi connectivity index (χ1) is 12.2. The minimum absolute atomic E-state index is 0.558. The van der Waals surface area contributed by atoms with Crippen LogP contribution in [0.1, 0.15) is 5.56 Å². The fourth-order valence-corrected chi connectivity index (χ4v) is 3.07. The van der Waals surface area contributed by atoms with E-state index in [2.05, 4.69) is 32.7 Å². The molecule has 0 saturated carbocycles. The van der Waals surface area contributed by atoms with Gasteiger partial charge in [0.15, 0.2) is 0 Å². The number of anilines is 3. The monoisotopic (exact) mass is 352 g/mol. The Morgan fingerprint density at radius 3 is 2.72 bits per heavy atom. The third kappa shape index (κ3) is 3.23. The molecule has 0 radical (unpaired) electrons. The first-order valence-corrected chi connectivity index (χ1v) is 8.40. The molecule has 0 aliphatic carbocycles. The molecule has 2 heterocycles. The lowest BCUT2D eigenvalue weighted by Crippen LogP contribution is -1.98. The highest BCUT2D eigenvalue weighted by Gasteiger charge is 2.10. The van der Waals surface area contributed by atoms with Crippen LogP contribution in [0.15, 0.2) is 48.8 Å². The summed E-state index contributed by atoms with van der Waals surface area (Å²) in [5.74, 6) is 1.19. The van der Waals surface area contributed by atoms with E-state index in [-0.39, 0.29) is 0 Å². The Hall–Kier alpha value is -2.79. The lowest BCUT2D eigenvalue weighted by Gasteiger charge is -2.09. The zero-order valence-electron chi connectivity index (χ0n) is 13.7. The van der Waals surface area contributed by atoms with Gasteiger partial charge < -0.3 is 15.4 Å². The maximum atomic E-state index is 6.07. The van der Waals surface area contributed by atoms with Gasteiger partial charge in [0, 0.05) is 35.9 Å². The quantitative estimate of drug-likeness (QED) is 0.723. The van der Waals surface area contributed by atoms with Gasteiger partial charge >= 0.3 is 0 Å². The molecule has 0 atom stereocenters. The summed E-state index contributed by atoms with van der Waals surface area (Å²) in [6, 6.07) is 11.9. The molecule has 5 nitrogen and oxygen atoms in total. The zero-order valence-corrected chi connectivity index (χ0v) is 14.5. The highest BCUT2D eigenvalue weighted by molar-refractivity contribution is 6.32. The minimum atomic E-state index is 0.558. The fourth-order valence-electron chi connectivity index (χ4n) is 2.88. The number of methoxy groups -OCH3 is 1. The maximum Gasteiger partial charge on any atom is 0.227 e. The molecule has 0 unspecified atom stereocenters. The second kappa shape index (κ2) is 6.61. The van der Waals surface area contributed by atoms with Gasteiger partial charge in [0.2, 0.25) is 5.95 Å². The first kappa shape index (κ1) is 15.7. The number of nitrogens with one attached hydrogen (secondary N) is 2. The fraction of sp³-hybridized carbons (Fsp3) is 0.158. The van der Waals surface area contributed by atoms with Crippen LogP contribution in [-0.4, -0.2) is 23.6 Å². The second-order valence-corrected chi connectivity index (χ2v) is 6.23. The number of hydrogen-bond acceptors (Lipinski definition) is 5.